The molecular formula is C14H18BrNO. The van der Waals surface area contributed by atoms with E-state index in [-0.39, 0.29) is 5.91 Å². The van der Waals surface area contributed by atoms with Gasteiger partial charge in [-0.05, 0) is 49.8 Å². The molecular weight excluding hydrogens is 278 g/mol. The Hall–Kier alpha value is -0.830. The van der Waals surface area contributed by atoms with Crippen LogP contribution in [0, 0.1) is 12.8 Å². The van der Waals surface area contributed by atoms with E-state index in [0.29, 0.717) is 6.04 Å². The molecule has 0 bridgehead atoms. The van der Waals surface area contributed by atoms with Gasteiger partial charge < -0.3 is 5.32 Å². The van der Waals surface area contributed by atoms with Gasteiger partial charge in [-0.2, -0.15) is 0 Å². The lowest BCUT2D eigenvalue weighted by molar-refractivity contribution is 0.0937. The molecule has 1 fully saturated rings. The van der Waals surface area contributed by atoms with Gasteiger partial charge in [-0.15, -0.1) is 0 Å². The van der Waals surface area contributed by atoms with Crippen molar-refractivity contribution in [3.8, 4) is 0 Å². The highest BCUT2D eigenvalue weighted by atomic mass is 79.9. The fourth-order valence-electron chi connectivity index (χ4n) is 2.34. The summed E-state index contributed by atoms with van der Waals surface area (Å²) in [5, 5.41) is 3.11. The Labute approximate surface area is 111 Å². The summed E-state index contributed by atoms with van der Waals surface area (Å²) in [7, 11) is 0. The Morgan fingerprint density at radius 2 is 2.18 bits per heavy atom. The smallest absolute Gasteiger partial charge is 0.251 e. The second-order valence-electron chi connectivity index (χ2n) is 5.05. The monoisotopic (exact) mass is 295 g/mol. The van der Waals surface area contributed by atoms with Gasteiger partial charge in [0.05, 0.1) is 0 Å². The summed E-state index contributed by atoms with van der Waals surface area (Å²) < 4.78 is 0.991. The minimum atomic E-state index is 0.0461. The molecule has 3 heteroatoms. The molecule has 0 aliphatic heterocycles. The zero-order valence-corrected chi connectivity index (χ0v) is 11.9. The van der Waals surface area contributed by atoms with Crippen molar-refractivity contribution in [2.45, 2.75) is 39.2 Å². The summed E-state index contributed by atoms with van der Waals surface area (Å²) in [6, 6.07) is 6.10. The van der Waals surface area contributed by atoms with Crippen molar-refractivity contribution < 1.29 is 4.79 Å². The number of carbonyl (C=O) groups excluding carboxylic acids is 1. The maximum Gasteiger partial charge on any atom is 0.251 e. The van der Waals surface area contributed by atoms with Crippen molar-refractivity contribution in [1.29, 1.82) is 0 Å². The van der Waals surface area contributed by atoms with Crippen molar-refractivity contribution in [3.63, 3.8) is 0 Å². The molecule has 1 amide bonds. The van der Waals surface area contributed by atoms with Gasteiger partial charge in [0.1, 0.15) is 0 Å². The molecule has 1 aromatic carbocycles. The lowest BCUT2D eigenvalue weighted by atomic mass is 10.1. The van der Waals surface area contributed by atoms with Crippen LogP contribution in [0.1, 0.15) is 42.1 Å². The van der Waals surface area contributed by atoms with Gasteiger partial charge in [-0.1, -0.05) is 28.9 Å². The van der Waals surface area contributed by atoms with Gasteiger partial charge in [-0.3, -0.25) is 4.79 Å². The molecule has 2 rings (SSSR count). The first-order valence-electron chi connectivity index (χ1n) is 6.13. The normalized spacial score (nSPS) is 23.7. The second-order valence-corrected chi connectivity index (χ2v) is 5.91. The molecule has 0 saturated heterocycles. The molecule has 1 aliphatic rings. The van der Waals surface area contributed by atoms with Gasteiger partial charge in [0.15, 0.2) is 0 Å². The van der Waals surface area contributed by atoms with E-state index in [1.54, 1.807) is 0 Å². The molecule has 92 valence electrons. The first-order valence-corrected chi connectivity index (χ1v) is 6.92. The van der Waals surface area contributed by atoms with Crippen LogP contribution in [0.3, 0.4) is 0 Å². The maximum absolute atomic E-state index is 12.0. The topological polar surface area (TPSA) is 29.1 Å². The molecule has 1 aromatic rings. The molecule has 1 aliphatic carbocycles. The predicted octanol–water partition coefficient (Wildman–Crippen LogP) is 3.68. The summed E-state index contributed by atoms with van der Waals surface area (Å²) in [6.45, 7) is 4.26. The lowest BCUT2D eigenvalue weighted by Crippen LogP contribution is -2.32. The Bertz CT molecular complexity index is 430. The maximum atomic E-state index is 12.0. The summed E-state index contributed by atoms with van der Waals surface area (Å²) in [5.74, 6) is 0.787. The molecule has 2 nitrogen and oxygen atoms in total. The van der Waals surface area contributed by atoms with E-state index in [4.69, 9.17) is 0 Å². The van der Waals surface area contributed by atoms with Gasteiger partial charge in [0, 0.05) is 16.1 Å². The summed E-state index contributed by atoms with van der Waals surface area (Å²) >= 11 is 3.46. The minimum Gasteiger partial charge on any atom is -0.349 e. The number of aryl methyl sites for hydroxylation is 1. The fraction of sp³-hybridized carbons (Fsp3) is 0.500. The van der Waals surface area contributed by atoms with E-state index < -0.39 is 0 Å². The van der Waals surface area contributed by atoms with Crippen molar-refractivity contribution in [1.82, 2.24) is 5.32 Å². The van der Waals surface area contributed by atoms with E-state index in [2.05, 4.69) is 28.2 Å². The Morgan fingerprint density at radius 3 is 2.76 bits per heavy atom. The molecule has 1 N–H and O–H groups in total. The molecule has 0 radical (unpaired) electrons. The van der Waals surface area contributed by atoms with Crippen molar-refractivity contribution in [2.75, 3.05) is 0 Å². The molecule has 17 heavy (non-hydrogen) atoms. The van der Waals surface area contributed by atoms with E-state index >= 15 is 0 Å². The lowest BCUT2D eigenvalue weighted by Gasteiger charge is -2.13. The minimum absolute atomic E-state index is 0.0461. The summed E-state index contributed by atoms with van der Waals surface area (Å²) in [5.41, 5.74) is 1.89. The summed E-state index contributed by atoms with van der Waals surface area (Å²) in [6.07, 6.45) is 3.45. The van der Waals surface area contributed by atoms with E-state index in [0.717, 1.165) is 34.4 Å². The first-order chi connectivity index (χ1) is 8.06. The third-order valence-corrected chi connectivity index (χ3v) is 4.32. The quantitative estimate of drug-likeness (QED) is 0.886. The average molecular weight is 296 g/mol. The number of carbonyl (C=O) groups is 1. The molecule has 2 unspecified atom stereocenters. The van der Waals surface area contributed by atoms with Gasteiger partial charge in [-0.25, -0.2) is 0 Å². The number of benzene rings is 1. The van der Waals surface area contributed by atoms with Crippen LogP contribution < -0.4 is 5.32 Å². The third-order valence-electron chi connectivity index (χ3n) is 3.46. The van der Waals surface area contributed by atoms with E-state index in [1.807, 2.05) is 25.1 Å². The van der Waals surface area contributed by atoms with Crippen LogP contribution in [-0.4, -0.2) is 11.9 Å². The molecule has 1 saturated carbocycles. The van der Waals surface area contributed by atoms with Crippen molar-refractivity contribution >= 4 is 21.8 Å². The molecule has 0 heterocycles. The number of halogens is 1. The average Bonchev–Trinajstić information content (AvgIpc) is 2.68. The van der Waals surface area contributed by atoms with Crippen LogP contribution in [0.4, 0.5) is 0 Å². The standard InChI is InChI=1S/C14H18BrNO/c1-9-3-6-12(7-9)16-14(17)11-5-4-10(2)13(15)8-11/h4-5,8-9,12H,3,6-7H2,1-2H3,(H,16,17). The predicted molar refractivity (Wildman–Crippen MR) is 73.1 cm³/mol. The Morgan fingerprint density at radius 1 is 1.41 bits per heavy atom. The fourth-order valence-corrected chi connectivity index (χ4v) is 2.72. The third kappa shape index (κ3) is 3.09. The highest BCUT2D eigenvalue weighted by Gasteiger charge is 2.23. The molecule has 0 aromatic heterocycles. The van der Waals surface area contributed by atoms with Crippen LogP contribution >= 0.6 is 15.9 Å². The SMILES string of the molecule is Cc1ccc(C(=O)NC2CCC(C)C2)cc1Br. The Balaban J connectivity index is 2.02. The van der Waals surface area contributed by atoms with E-state index in [1.165, 1.54) is 6.42 Å². The van der Waals surface area contributed by atoms with Gasteiger partial charge >= 0.3 is 0 Å². The van der Waals surface area contributed by atoms with Gasteiger partial charge in [0.25, 0.3) is 5.91 Å². The number of nitrogens with one attached hydrogen (secondary N) is 1. The molecule has 2 atom stereocenters. The zero-order valence-electron chi connectivity index (χ0n) is 10.3. The van der Waals surface area contributed by atoms with Crippen molar-refractivity contribution in [2.24, 2.45) is 5.92 Å². The van der Waals surface area contributed by atoms with E-state index in [9.17, 15) is 4.79 Å². The Kier molecular flexibility index (Phi) is 3.87. The second kappa shape index (κ2) is 5.21. The number of rotatable bonds is 2. The first kappa shape index (κ1) is 12.6. The van der Waals surface area contributed by atoms with Crippen molar-refractivity contribution in [3.05, 3.63) is 33.8 Å². The van der Waals surface area contributed by atoms with Crippen LogP contribution in [0.25, 0.3) is 0 Å². The number of hydrogen-bond donors (Lipinski definition) is 1. The van der Waals surface area contributed by atoms with Crippen LogP contribution in [0.5, 0.6) is 0 Å². The number of hydrogen-bond acceptors (Lipinski definition) is 1. The van der Waals surface area contributed by atoms with Crippen LogP contribution in [0.2, 0.25) is 0 Å². The van der Waals surface area contributed by atoms with Gasteiger partial charge in [0.2, 0.25) is 0 Å². The number of amides is 1. The largest absolute Gasteiger partial charge is 0.349 e. The molecule has 0 spiro atoms. The highest BCUT2D eigenvalue weighted by Crippen LogP contribution is 2.25. The van der Waals surface area contributed by atoms with Crippen LogP contribution in [0.15, 0.2) is 22.7 Å². The zero-order chi connectivity index (χ0) is 12.4. The van der Waals surface area contributed by atoms with Crippen LogP contribution in [-0.2, 0) is 0 Å². The summed E-state index contributed by atoms with van der Waals surface area (Å²) in [4.78, 5) is 12.0. The highest BCUT2D eigenvalue weighted by molar-refractivity contribution is 9.10.